The summed E-state index contributed by atoms with van der Waals surface area (Å²) in [7, 11) is 1.59. The summed E-state index contributed by atoms with van der Waals surface area (Å²) in [6.45, 7) is 0.288. The van der Waals surface area contributed by atoms with Gasteiger partial charge in [0.1, 0.15) is 14.5 Å². The van der Waals surface area contributed by atoms with E-state index in [1.807, 2.05) is 12.2 Å². The van der Waals surface area contributed by atoms with Crippen LogP contribution in [0.2, 0.25) is 5.82 Å². The van der Waals surface area contributed by atoms with Gasteiger partial charge in [0.2, 0.25) is 0 Å². The van der Waals surface area contributed by atoms with Crippen molar-refractivity contribution in [3.05, 3.63) is 23.8 Å². The third kappa shape index (κ3) is 5.38. The van der Waals surface area contributed by atoms with Crippen LogP contribution in [-0.2, 0) is 14.3 Å². The molecule has 0 fully saturated rings. The highest BCUT2D eigenvalue weighted by Gasteiger charge is 2.13. The molecule has 1 atom stereocenters. The number of carboxylic acid groups (broad SMARTS) is 1. The lowest BCUT2D eigenvalue weighted by atomic mass is 9.84. The minimum Gasteiger partial charge on any atom is -0.482 e. The normalized spacial score (nSPS) is 16.1. The number of hydrogen-bond donors (Lipinski definition) is 1. The lowest BCUT2D eigenvalue weighted by Gasteiger charge is -2.09. The first kappa shape index (κ1) is 13.5. The van der Waals surface area contributed by atoms with E-state index in [-0.39, 0.29) is 19.0 Å². The molecule has 0 spiro atoms. The van der Waals surface area contributed by atoms with Gasteiger partial charge >= 0.3 is 5.97 Å². The van der Waals surface area contributed by atoms with Gasteiger partial charge in [-0.25, -0.2) is 0 Å². The van der Waals surface area contributed by atoms with Gasteiger partial charge in [-0.2, -0.15) is 0 Å². The highest BCUT2D eigenvalue weighted by Crippen LogP contribution is 2.12. The Bertz CT molecular complexity index is 346. The summed E-state index contributed by atoms with van der Waals surface area (Å²) in [5, 5.41) is 8.66. The maximum absolute atomic E-state index is 11.3. The lowest BCUT2D eigenvalue weighted by Crippen LogP contribution is -2.12. The topological polar surface area (TPSA) is 63.6 Å². The van der Waals surface area contributed by atoms with Crippen LogP contribution in [0.15, 0.2) is 23.8 Å². The van der Waals surface area contributed by atoms with Gasteiger partial charge in [0.25, 0.3) is 5.97 Å². The molecule has 0 heterocycles. The minimum atomic E-state index is -0.879. The van der Waals surface area contributed by atoms with E-state index in [2.05, 4.69) is 6.08 Å². The number of rotatable bonds is 6. The molecule has 0 amide bonds. The first-order valence-electron chi connectivity index (χ1n) is 5.83. The maximum Gasteiger partial charge on any atom is 0.306 e. The predicted octanol–water partition coefficient (Wildman–Crippen LogP) is 1.09. The van der Waals surface area contributed by atoms with Gasteiger partial charge in [0.15, 0.2) is 0 Å². The van der Waals surface area contributed by atoms with E-state index in [4.69, 9.17) is 9.84 Å². The summed E-state index contributed by atoms with van der Waals surface area (Å²) in [5.74, 6) is -1.72. The number of carbonyl (C=O) groups excluding carboxylic acids is 1. The summed E-state index contributed by atoms with van der Waals surface area (Å²) >= 11 is 0. The Morgan fingerprint density at radius 1 is 1.47 bits per heavy atom. The van der Waals surface area contributed by atoms with Gasteiger partial charge < -0.3 is 9.84 Å². The highest BCUT2D eigenvalue weighted by molar-refractivity contribution is 6.22. The first-order valence-corrected chi connectivity index (χ1v) is 5.83. The van der Waals surface area contributed by atoms with Crippen molar-refractivity contribution in [2.75, 3.05) is 6.61 Å². The van der Waals surface area contributed by atoms with Crippen molar-refractivity contribution < 1.29 is 19.4 Å². The van der Waals surface area contributed by atoms with Crippen LogP contribution in [0.3, 0.4) is 0 Å². The monoisotopic (exact) mass is 236 g/mol. The number of aliphatic carboxylic acids is 1. The number of carbonyl (C=O) groups is 2. The van der Waals surface area contributed by atoms with E-state index in [9.17, 15) is 9.59 Å². The SMILES string of the molecule is BC(CCC(=O)OCC1=CCCC=C1)C(=O)O. The molecule has 0 aromatic carbocycles. The van der Waals surface area contributed by atoms with Crippen LogP contribution in [-0.4, -0.2) is 31.5 Å². The fraction of sp³-hybridized carbons (Fsp3) is 0.500. The standard InChI is InChI=1S/C12H17BO4/c13-10(12(15)16)6-7-11(14)17-8-9-4-2-1-3-5-9/h2,4-5,10H,1,3,6-8,13H2,(H,15,16). The molecule has 4 nitrogen and oxygen atoms in total. The van der Waals surface area contributed by atoms with Gasteiger partial charge in [-0.05, 0) is 24.8 Å². The number of esters is 1. The molecule has 1 aliphatic rings. The highest BCUT2D eigenvalue weighted by atomic mass is 16.5. The molecular formula is C12H17BO4. The number of carboxylic acids is 1. The maximum atomic E-state index is 11.3. The van der Waals surface area contributed by atoms with Crippen LogP contribution in [0.1, 0.15) is 25.7 Å². The molecule has 0 aromatic heterocycles. The Balaban J connectivity index is 2.19. The van der Waals surface area contributed by atoms with Gasteiger partial charge in [-0.3, -0.25) is 9.59 Å². The fourth-order valence-electron chi connectivity index (χ4n) is 1.47. The first-order chi connectivity index (χ1) is 8.09. The van der Waals surface area contributed by atoms with Gasteiger partial charge in [-0.15, -0.1) is 0 Å². The fourth-order valence-corrected chi connectivity index (χ4v) is 1.47. The Morgan fingerprint density at radius 3 is 2.82 bits per heavy atom. The van der Waals surface area contributed by atoms with Crippen molar-refractivity contribution >= 4 is 19.8 Å². The molecule has 1 unspecified atom stereocenters. The molecule has 0 radical (unpaired) electrons. The smallest absolute Gasteiger partial charge is 0.306 e. The van der Waals surface area contributed by atoms with Gasteiger partial charge in [0, 0.05) is 12.2 Å². The average Bonchev–Trinajstić information content (AvgIpc) is 2.34. The molecule has 0 aromatic rings. The largest absolute Gasteiger partial charge is 0.482 e. The number of hydrogen-bond acceptors (Lipinski definition) is 3. The zero-order valence-electron chi connectivity index (χ0n) is 10.0. The predicted molar refractivity (Wildman–Crippen MR) is 66.6 cm³/mol. The molecule has 0 bridgehead atoms. The number of allylic oxidation sites excluding steroid dienone is 2. The molecule has 0 saturated carbocycles. The molecule has 92 valence electrons. The van der Waals surface area contributed by atoms with E-state index >= 15 is 0 Å². The molecule has 1 N–H and O–H groups in total. The Kier molecular flexibility index (Phi) is 5.53. The van der Waals surface area contributed by atoms with Crippen LogP contribution in [0.25, 0.3) is 0 Å². The second-order valence-electron chi connectivity index (χ2n) is 4.20. The minimum absolute atomic E-state index is 0.157. The van der Waals surface area contributed by atoms with Crippen LogP contribution in [0, 0.1) is 0 Å². The van der Waals surface area contributed by atoms with Crippen molar-refractivity contribution in [2.45, 2.75) is 31.5 Å². The van der Waals surface area contributed by atoms with Crippen LogP contribution < -0.4 is 0 Å². The molecule has 0 saturated heterocycles. The van der Waals surface area contributed by atoms with Crippen molar-refractivity contribution in [1.82, 2.24) is 0 Å². The molecule has 1 rings (SSSR count). The summed E-state index contributed by atoms with van der Waals surface area (Å²) in [6, 6.07) is 0. The summed E-state index contributed by atoms with van der Waals surface area (Å²) in [4.78, 5) is 21.9. The Hall–Kier alpha value is -1.52. The van der Waals surface area contributed by atoms with Crippen molar-refractivity contribution in [3.8, 4) is 0 Å². The van der Waals surface area contributed by atoms with E-state index in [0.717, 1.165) is 18.4 Å². The zero-order valence-corrected chi connectivity index (χ0v) is 10.0. The Morgan fingerprint density at radius 2 is 2.24 bits per heavy atom. The molecule has 1 aliphatic carbocycles. The third-order valence-corrected chi connectivity index (χ3v) is 2.67. The molecule has 5 heteroatoms. The number of ether oxygens (including phenoxy) is 1. The zero-order chi connectivity index (χ0) is 12.7. The van der Waals surface area contributed by atoms with E-state index in [1.54, 1.807) is 7.85 Å². The third-order valence-electron chi connectivity index (χ3n) is 2.67. The van der Waals surface area contributed by atoms with Crippen molar-refractivity contribution in [2.24, 2.45) is 0 Å². The average molecular weight is 236 g/mol. The summed E-state index contributed by atoms with van der Waals surface area (Å²) in [5.41, 5.74) is 1.01. The molecule has 17 heavy (non-hydrogen) atoms. The van der Waals surface area contributed by atoms with Crippen molar-refractivity contribution in [3.63, 3.8) is 0 Å². The van der Waals surface area contributed by atoms with Crippen molar-refractivity contribution in [1.29, 1.82) is 0 Å². The summed E-state index contributed by atoms with van der Waals surface area (Å²) < 4.78 is 5.06. The second kappa shape index (κ2) is 6.94. The second-order valence-corrected chi connectivity index (χ2v) is 4.20. The Labute approximate surface area is 102 Å². The van der Waals surface area contributed by atoms with Gasteiger partial charge in [0.05, 0.1) is 0 Å². The van der Waals surface area contributed by atoms with E-state index in [0.29, 0.717) is 6.42 Å². The van der Waals surface area contributed by atoms with E-state index < -0.39 is 11.8 Å². The molecular weight excluding hydrogens is 219 g/mol. The van der Waals surface area contributed by atoms with E-state index in [1.165, 1.54) is 0 Å². The quantitative estimate of drug-likeness (QED) is 0.553. The van der Waals surface area contributed by atoms with Crippen LogP contribution >= 0.6 is 0 Å². The molecule has 0 aliphatic heterocycles. The van der Waals surface area contributed by atoms with Gasteiger partial charge in [-0.1, -0.05) is 18.2 Å². The lowest BCUT2D eigenvalue weighted by molar-refractivity contribution is -0.143. The van der Waals surface area contributed by atoms with Crippen LogP contribution in [0.5, 0.6) is 0 Å². The van der Waals surface area contributed by atoms with Crippen LogP contribution in [0.4, 0.5) is 0 Å². The summed E-state index contributed by atoms with van der Waals surface area (Å²) in [6.07, 6.45) is 8.56.